The average Bonchev–Trinajstić information content (AvgIpc) is 2.14. The SMILES string of the molecule is CO[C@H]1CCC[C@@]2(OC)CC(=O)N12. The molecule has 0 saturated carbocycles. The third-order valence-electron chi connectivity index (χ3n) is 3.09. The molecule has 0 bridgehead atoms. The molecule has 2 atom stereocenters. The molecule has 2 heterocycles. The molecule has 2 rings (SSSR count). The number of piperidine rings is 1. The number of rotatable bonds is 2. The molecule has 0 radical (unpaired) electrons. The summed E-state index contributed by atoms with van der Waals surface area (Å²) in [6, 6.07) is 0. The lowest BCUT2D eigenvalue weighted by molar-refractivity contribution is -0.262. The van der Waals surface area contributed by atoms with Crippen molar-refractivity contribution >= 4 is 5.91 Å². The maximum Gasteiger partial charge on any atom is 0.231 e. The molecule has 13 heavy (non-hydrogen) atoms. The van der Waals surface area contributed by atoms with E-state index >= 15 is 0 Å². The minimum absolute atomic E-state index is 0.0741. The van der Waals surface area contributed by atoms with E-state index in [4.69, 9.17) is 9.47 Å². The van der Waals surface area contributed by atoms with Crippen LogP contribution in [0.1, 0.15) is 25.7 Å². The van der Waals surface area contributed by atoms with E-state index in [9.17, 15) is 4.79 Å². The number of hydrogen-bond donors (Lipinski definition) is 0. The van der Waals surface area contributed by atoms with Gasteiger partial charge in [0.15, 0.2) is 5.72 Å². The third-order valence-corrected chi connectivity index (χ3v) is 3.09. The highest BCUT2D eigenvalue weighted by molar-refractivity contribution is 5.84. The van der Waals surface area contributed by atoms with Gasteiger partial charge < -0.3 is 9.47 Å². The minimum Gasteiger partial charge on any atom is -0.361 e. The second kappa shape index (κ2) is 2.96. The Labute approximate surface area is 77.8 Å². The maximum absolute atomic E-state index is 11.4. The first kappa shape index (κ1) is 8.97. The second-order valence-corrected chi connectivity index (χ2v) is 3.67. The first-order chi connectivity index (χ1) is 6.23. The molecule has 2 fully saturated rings. The van der Waals surface area contributed by atoms with Gasteiger partial charge >= 0.3 is 0 Å². The monoisotopic (exact) mass is 185 g/mol. The van der Waals surface area contributed by atoms with Gasteiger partial charge in [-0.1, -0.05) is 0 Å². The van der Waals surface area contributed by atoms with Gasteiger partial charge in [0.05, 0.1) is 6.42 Å². The van der Waals surface area contributed by atoms with Crippen LogP contribution in [0.2, 0.25) is 0 Å². The summed E-state index contributed by atoms with van der Waals surface area (Å²) in [6.45, 7) is 0. The van der Waals surface area contributed by atoms with Crippen LogP contribution in [0.4, 0.5) is 0 Å². The fourth-order valence-corrected chi connectivity index (χ4v) is 2.35. The third kappa shape index (κ3) is 1.09. The highest BCUT2D eigenvalue weighted by atomic mass is 16.5. The summed E-state index contributed by atoms with van der Waals surface area (Å²) in [5.41, 5.74) is -0.337. The van der Waals surface area contributed by atoms with Gasteiger partial charge in [0.2, 0.25) is 5.91 Å². The van der Waals surface area contributed by atoms with Crippen molar-refractivity contribution in [2.75, 3.05) is 14.2 Å². The van der Waals surface area contributed by atoms with E-state index in [1.54, 1.807) is 19.1 Å². The van der Waals surface area contributed by atoms with Crippen molar-refractivity contribution in [3.8, 4) is 0 Å². The summed E-state index contributed by atoms with van der Waals surface area (Å²) < 4.78 is 10.7. The Kier molecular flexibility index (Phi) is 2.04. The molecule has 2 saturated heterocycles. The topological polar surface area (TPSA) is 38.8 Å². The van der Waals surface area contributed by atoms with Crippen molar-refractivity contribution in [1.82, 2.24) is 4.90 Å². The minimum atomic E-state index is -0.337. The quantitative estimate of drug-likeness (QED) is 0.595. The zero-order valence-electron chi connectivity index (χ0n) is 8.08. The molecule has 0 aliphatic carbocycles. The molecule has 74 valence electrons. The molecule has 0 N–H and O–H groups in total. The van der Waals surface area contributed by atoms with Crippen LogP contribution in [0.5, 0.6) is 0 Å². The maximum atomic E-state index is 11.4. The number of amides is 1. The average molecular weight is 185 g/mol. The highest BCUT2D eigenvalue weighted by Gasteiger charge is 2.56. The van der Waals surface area contributed by atoms with Crippen LogP contribution in [-0.2, 0) is 14.3 Å². The Hall–Kier alpha value is -0.610. The summed E-state index contributed by atoms with van der Waals surface area (Å²) in [6.07, 6.45) is 3.37. The summed E-state index contributed by atoms with van der Waals surface area (Å²) in [5.74, 6) is 0.147. The fourth-order valence-electron chi connectivity index (χ4n) is 2.35. The van der Waals surface area contributed by atoms with Crippen molar-refractivity contribution in [1.29, 1.82) is 0 Å². The molecule has 0 unspecified atom stereocenters. The molecule has 0 aromatic heterocycles. The van der Waals surface area contributed by atoms with E-state index in [0.717, 1.165) is 19.3 Å². The Morgan fingerprint density at radius 3 is 2.85 bits per heavy atom. The predicted molar refractivity (Wildman–Crippen MR) is 45.9 cm³/mol. The molecule has 4 nitrogen and oxygen atoms in total. The van der Waals surface area contributed by atoms with Crippen molar-refractivity contribution < 1.29 is 14.3 Å². The normalized spacial score (nSPS) is 38.5. The molecule has 2 aliphatic rings. The number of carbonyl (C=O) groups is 1. The smallest absolute Gasteiger partial charge is 0.231 e. The lowest BCUT2D eigenvalue weighted by Crippen LogP contribution is -2.70. The van der Waals surface area contributed by atoms with Gasteiger partial charge in [-0.2, -0.15) is 0 Å². The second-order valence-electron chi connectivity index (χ2n) is 3.67. The van der Waals surface area contributed by atoms with E-state index < -0.39 is 0 Å². The van der Waals surface area contributed by atoms with E-state index in [1.807, 2.05) is 0 Å². The largest absolute Gasteiger partial charge is 0.361 e. The molecule has 0 aromatic rings. The van der Waals surface area contributed by atoms with Crippen LogP contribution in [0.3, 0.4) is 0 Å². The first-order valence-corrected chi connectivity index (χ1v) is 4.63. The number of nitrogens with zero attached hydrogens (tertiary/aromatic N) is 1. The Morgan fingerprint density at radius 2 is 2.31 bits per heavy atom. The molecule has 4 heteroatoms. The predicted octanol–water partition coefficient (Wildman–Crippen LogP) is 0.718. The Balaban J connectivity index is 2.17. The Bertz CT molecular complexity index is 231. The molecule has 0 aromatic carbocycles. The standard InChI is InChI=1S/C9H15NO3/c1-12-8-4-3-5-9(13-2)6-7(11)10(8)9/h8H,3-6H2,1-2H3/t8-,9+/m0/s1. The molecule has 2 aliphatic heterocycles. The van der Waals surface area contributed by atoms with Crippen LogP contribution in [-0.4, -0.2) is 37.0 Å². The number of fused-ring (bicyclic) bond motifs is 1. The van der Waals surface area contributed by atoms with Crippen LogP contribution < -0.4 is 0 Å². The summed E-state index contributed by atoms with van der Waals surface area (Å²) in [4.78, 5) is 13.1. The van der Waals surface area contributed by atoms with Crippen molar-refractivity contribution in [2.45, 2.75) is 37.6 Å². The number of carbonyl (C=O) groups excluding carboxylic acids is 1. The van der Waals surface area contributed by atoms with Gasteiger partial charge in [-0.3, -0.25) is 9.69 Å². The van der Waals surface area contributed by atoms with E-state index in [2.05, 4.69) is 0 Å². The summed E-state index contributed by atoms with van der Waals surface area (Å²) in [7, 11) is 3.31. The summed E-state index contributed by atoms with van der Waals surface area (Å²) in [5, 5.41) is 0. The molecule has 0 spiro atoms. The zero-order valence-corrected chi connectivity index (χ0v) is 8.08. The van der Waals surface area contributed by atoms with Crippen molar-refractivity contribution in [3.05, 3.63) is 0 Å². The van der Waals surface area contributed by atoms with Gasteiger partial charge in [0.1, 0.15) is 6.23 Å². The zero-order chi connectivity index (χ0) is 9.47. The molecular formula is C9H15NO3. The van der Waals surface area contributed by atoms with E-state index in [-0.39, 0.29) is 17.9 Å². The van der Waals surface area contributed by atoms with E-state index in [1.165, 1.54) is 0 Å². The van der Waals surface area contributed by atoms with Crippen LogP contribution in [0.25, 0.3) is 0 Å². The highest BCUT2D eigenvalue weighted by Crippen LogP contribution is 2.43. The number of hydrogen-bond acceptors (Lipinski definition) is 3. The lowest BCUT2D eigenvalue weighted by Gasteiger charge is -2.56. The first-order valence-electron chi connectivity index (χ1n) is 4.63. The van der Waals surface area contributed by atoms with Crippen LogP contribution in [0, 0.1) is 0 Å². The van der Waals surface area contributed by atoms with Gasteiger partial charge in [-0.25, -0.2) is 0 Å². The number of β-lactam (4-membered cyclic amide) rings is 1. The Morgan fingerprint density at radius 1 is 1.54 bits per heavy atom. The molecule has 1 amide bonds. The fraction of sp³-hybridized carbons (Fsp3) is 0.889. The number of methoxy groups -OCH3 is 2. The van der Waals surface area contributed by atoms with Crippen LogP contribution >= 0.6 is 0 Å². The number of ether oxygens (including phenoxy) is 2. The molecular weight excluding hydrogens is 170 g/mol. The lowest BCUT2D eigenvalue weighted by atomic mass is 9.86. The summed E-state index contributed by atoms with van der Waals surface area (Å²) >= 11 is 0. The van der Waals surface area contributed by atoms with Crippen LogP contribution in [0.15, 0.2) is 0 Å². The van der Waals surface area contributed by atoms with Gasteiger partial charge in [0.25, 0.3) is 0 Å². The van der Waals surface area contributed by atoms with Crippen molar-refractivity contribution in [3.63, 3.8) is 0 Å². The van der Waals surface area contributed by atoms with Gasteiger partial charge in [-0.05, 0) is 19.3 Å². The van der Waals surface area contributed by atoms with Gasteiger partial charge in [-0.15, -0.1) is 0 Å². The van der Waals surface area contributed by atoms with Crippen molar-refractivity contribution in [2.24, 2.45) is 0 Å². The van der Waals surface area contributed by atoms with E-state index in [0.29, 0.717) is 6.42 Å². The van der Waals surface area contributed by atoms with Gasteiger partial charge in [0, 0.05) is 14.2 Å².